The molecule has 0 spiro atoms. The minimum atomic E-state index is -0.361. The van der Waals surface area contributed by atoms with Gasteiger partial charge in [0.2, 0.25) is 5.75 Å². The van der Waals surface area contributed by atoms with Crippen molar-refractivity contribution in [2.24, 2.45) is 0 Å². The molecule has 0 bridgehead atoms. The zero-order chi connectivity index (χ0) is 15.5. The smallest absolute Gasteiger partial charge is 0.312 e. The van der Waals surface area contributed by atoms with Crippen molar-refractivity contribution in [2.45, 2.75) is 32.3 Å². The van der Waals surface area contributed by atoms with Crippen LogP contribution in [0.5, 0.6) is 5.75 Å². The van der Waals surface area contributed by atoms with Crippen molar-refractivity contribution in [3.63, 3.8) is 0 Å². The quantitative estimate of drug-likeness (QED) is 0.579. The third kappa shape index (κ3) is 2.99. The predicted molar refractivity (Wildman–Crippen MR) is 88.2 cm³/mol. The summed E-state index contributed by atoms with van der Waals surface area (Å²) in [5.74, 6) is 0.342. The van der Waals surface area contributed by atoms with E-state index in [1.807, 2.05) is 30.3 Å². The first-order valence-corrected chi connectivity index (χ1v) is 8.11. The third-order valence-electron chi connectivity index (χ3n) is 3.94. The second kappa shape index (κ2) is 6.48. The number of halogens is 1. The highest BCUT2D eigenvalue weighted by atomic mass is 79.9. The molecule has 0 unspecified atom stereocenters. The first-order valence-electron chi connectivity index (χ1n) is 7.32. The number of benzene rings is 2. The molecule has 2 aromatic rings. The Bertz CT molecular complexity index is 701. The first kappa shape index (κ1) is 15.0. The largest absolute Gasteiger partial charge is 0.481 e. The summed E-state index contributed by atoms with van der Waals surface area (Å²) in [5.41, 5.74) is 3.25. The minimum absolute atomic E-state index is 0.0449. The maximum atomic E-state index is 11.4. The molecule has 0 saturated heterocycles. The molecule has 3 rings (SSSR count). The van der Waals surface area contributed by atoms with Gasteiger partial charge in [-0.15, -0.1) is 0 Å². The highest BCUT2D eigenvalue weighted by molar-refractivity contribution is 9.10. The summed E-state index contributed by atoms with van der Waals surface area (Å²) in [6, 6.07) is 11.3. The molecule has 0 atom stereocenters. The van der Waals surface area contributed by atoms with E-state index in [2.05, 4.69) is 15.9 Å². The number of nitro benzene ring substituents is 1. The van der Waals surface area contributed by atoms with Crippen molar-refractivity contribution < 1.29 is 9.66 Å². The standard InChI is InChI=1S/C17H16BrNO3/c18-16-14-9-5-4-8-13(14)10-15(19(20)21)17(16)22-11-12-6-2-1-3-7-12/h1-3,6-7,10H,4-5,8-9,11H2. The molecule has 0 amide bonds. The Morgan fingerprint density at radius 3 is 2.64 bits per heavy atom. The Hall–Kier alpha value is -1.88. The molecule has 0 radical (unpaired) electrons. The molecular formula is C17H16BrNO3. The van der Waals surface area contributed by atoms with Crippen LogP contribution < -0.4 is 4.74 Å². The molecule has 0 N–H and O–H groups in total. The molecular weight excluding hydrogens is 346 g/mol. The van der Waals surface area contributed by atoms with Gasteiger partial charge in [-0.05, 0) is 58.3 Å². The fraction of sp³-hybridized carbons (Fsp3) is 0.294. The number of aryl methyl sites for hydroxylation is 1. The fourth-order valence-electron chi connectivity index (χ4n) is 2.82. The molecule has 4 nitrogen and oxygen atoms in total. The van der Waals surface area contributed by atoms with Gasteiger partial charge in [0.1, 0.15) is 6.61 Å². The van der Waals surface area contributed by atoms with Crippen molar-refractivity contribution in [3.8, 4) is 5.75 Å². The molecule has 2 aromatic carbocycles. The monoisotopic (exact) mass is 361 g/mol. The summed E-state index contributed by atoms with van der Waals surface area (Å²) in [4.78, 5) is 11.0. The van der Waals surface area contributed by atoms with Crippen molar-refractivity contribution in [1.82, 2.24) is 0 Å². The molecule has 1 aliphatic carbocycles. The summed E-state index contributed by atoms with van der Waals surface area (Å²) in [6.07, 6.45) is 4.03. The number of hydrogen-bond donors (Lipinski definition) is 0. The van der Waals surface area contributed by atoms with E-state index in [0.717, 1.165) is 46.8 Å². The van der Waals surface area contributed by atoms with E-state index in [1.165, 1.54) is 0 Å². The minimum Gasteiger partial charge on any atom is -0.481 e. The Balaban J connectivity index is 1.96. The maximum Gasteiger partial charge on any atom is 0.312 e. The molecule has 1 aliphatic rings. The fourth-order valence-corrected chi connectivity index (χ4v) is 3.59. The van der Waals surface area contributed by atoms with Gasteiger partial charge in [0.25, 0.3) is 0 Å². The summed E-state index contributed by atoms with van der Waals surface area (Å²) in [5, 5.41) is 11.4. The Morgan fingerprint density at radius 1 is 1.18 bits per heavy atom. The van der Waals surface area contributed by atoms with Gasteiger partial charge in [0.15, 0.2) is 0 Å². The Labute approximate surface area is 137 Å². The van der Waals surface area contributed by atoms with E-state index in [1.54, 1.807) is 6.07 Å². The molecule has 5 heteroatoms. The zero-order valence-corrected chi connectivity index (χ0v) is 13.6. The first-order chi connectivity index (χ1) is 10.7. The van der Waals surface area contributed by atoms with Crippen molar-refractivity contribution in [1.29, 1.82) is 0 Å². The second-order valence-corrected chi connectivity index (χ2v) is 6.21. The number of nitrogens with zero attached hydrogens (tertiary/aromatic N) is 1. The molecule has 114 valence electrons. The molecule has 0 heterocycles. The third-order valence-corrected chi connectivity index (χ3v) is 4.78. The van der Waals surface area contributed by atoms with Crippen LogP contribution in [-0.2, 0) is 19.4 Å². The highest BCUT2D eigenvalue weighted by Gasteiger charge is 2.26. The summed E-state index contributed by atoms with van der Waals surface area (Å²) >= 11 is 3.53. The zero-order valence-electron chi connectivity index (χ0n) is 12.0. The van der Waals surface area contributed by atoms with Gasteiger partial charge in [-0.25, -0.2) is 0 Å². The molecule has 22 heavy (non-hydrogen) atoms. The van der Waals surface area contributed by atoms with Crippen molar-refractivity contribution >= 4 is 21.6 Å². The number of nitro groups is 1. The van der Waals surface area contributed by atoms with Gasteiger partial charge in [-0.1, -0.05) is 30.3 Å². The predicted octanol–water partition coefficient (Wildman–Crippen LogP) is 4.82. The maximum absolute atomic E-state index is 11.4. The molecule has 0 saturated carbocycles. The lowest BCUT2D eigenvalue weighted by atomic mass is 9.91. The lowest BCUT2D eigenvalue weighted by Gasteiger charge is -2.19. The van der Waals surface area contributed by atoms with Crippen molar-refractivity contribution in [2.75, 3.05) is 0 Å². The van der Waals surface area contributed by atoms with Gasteiger partial charge < -0.3 is 4.74 Å². The van der Waals surface area contributed by atoms with Crippen LogP contribution in [0.4, 0.5) is 5.69 Å². The number of hydrogen-bond acceptors (Lipinski definition) is 3. The van der Waals surface area contributed by atoms with E-state index >= 15 is 0 Å². The van der Waals surface area contributed by atoms with Crippen LogP contribution in [-0.4, -0.2) is 4.92 Å². The van der Waals surface area contributed by atoms with Crippen LogP contribution >= 0.6 is 15.9 Å². The topological polar surface area (TPSA) is 52.4 Å². The van der Waals surface area contributed by atoms with Gasteiger partial charge in [0.05, 0.1) is 9.40 Å². The van der Waals surface area contributed by atoms with Crippen LogP contribution in [0.15, 0.2) is 40.9 Å². The van der Waals surface area contributed by atoms with Crippen LogP contribution in [0.25, 0.3) is 0 Å². The highest BCUT2D eigenvalue weighted by Crippen LogP contribution is 2.42. The van der Waals surface area contributed by atoms with E-state index in [-0.39, 0.29) is 10.6 Å². The summed E-state index contributed by atoms with van der Waals surface area (Å²) in [6.45, 7) is 0.319. The Morgan fingerprint density at radius 2 is 1.91 bits per heavy atom. The van der Waals surface area contributed by atoms with E-state index in [4.69, 9.17) is 4.74 Å². The summed E-state index contributed by atoms with van der Waals surface area (Å²) < 4.78 is 6.54. The average molecular weight is 362 g/mol. The van der Waals surface area contributed by atoms with Crippen molar-refractivity contribution in [3.05, 3.63) is 67.7 Å². The summed E-state index contributed by atoms with van der Waals surface area (Å²) in [7, 11) is 0. The van der Waals surface area contributed by atoms with Crippen LogP contribution in [0.3, 0.4) is 0 Å². The van der Waals surface area contributed by atoms with E-state index in [0.29, 0.717) is 12.4 Å². The number of fused-ring (bicyclic) bond motifs is 1. The molecule has 0 aromatic heterocycles. The van der Waals surface area contributed by atoms with Crippen LogP contribution in [0, 0.1) is 10.1 Å². The SMILES string of the molecule is O=[N+]([O-])c1cc2c(c(Br)c1OCc1ccccc1)CCCC2. The molecule has 0 fully saturated rings. The lowest BCUT2D eigenvalue weighted by Crippen LogP contribution is -2.08. The van der Waals surface area contributed by atoms with E-state index in [9.17, 15) is 10.1 Å². The second-order valence-electron chi connectivity index (χ2n) is 5.41. The van der Waals surface area contributed by atoms with Gasteiger partial charge in [0, 0.05) is 6.07 Å². The molecule has 0 aliphatic heterocycles. The van der Waals surface area contributed by atoms with Gasteiger partial charge >= 0.3 is 5.69 Å². The van der Waals surface area contributed by atoms with Crippen LogP contribution in [0.2, 0.25) is 0 Å². The normalized spacial score (nSPS) is 13.5. The Kier molecular flexibility index (Phi) is 4.43. The number of ether oxygens (including phenoxy) is 1. The average Bonchev–Trinajstić information content (AvgIpc) is 2.54. The number of rotatable bonds is 4. The van der Waals surface area contributed by atoms with Crippen LogP contribution in [0.1, 0.15) is 29.5 Å². The van der Waals surface area contributed by atoms with Gasteiger partial charge in [-0.2, -0.15) is 0 Å². The van der Waals surface area contributed by atoms with Gasteiger partial charge in [-0.3, -0.25) is 10.1 Å². The van der Waals surface area contributed by atoms with E-state index < -0.39 is 0 Å². The lowest BCUT2D eigenvalue weighted by molar-refractivity contribution is -0.386.